The van der Waals surface area contributed by atoms with Gasteiger partial charge in [-0.2, -0.15) is 0 Å². The molecule has 4 rings (SSSR count). The largest absolute Gasteiger partial charge is 0.324 e. The molecule has 1 atom stereocenters. The minimum Gasteiger partial charge on any atom is -0.324 e. The Morgan fingerprint density at radius 3 is 2.26 bits per heavy atom. The average molecular weight is 491 g/mol. The molecule has 7 heteroatoms. The van der Waals surface area contributed by atoms with E-state index >= 15 is 0 Å². The third kappa shape index (κ3) is 6.48. The first kappa shape index (κ1) is 24.9. The van der Waals surface area contributed by atoms with Crippen molar-refractivity contribution in [2.24, 2.45) is 0 Å². The summed E-state index contributed by atoms with van der Waals surface area (Å²) in [6.07, 6.45) is 0. The molecule has 0 bridgehead atoms. The van der Waals surface area contributed by atoms with E-state index in [-0.39, 0.29) is 18.4 Å². The molecule has 35 heavy (non-hydrogen) atoms. The van der Waals surface area contributed by atoms with Gasteiger partial charge in [0.05, 0.1) is 17.3 Å². The molecule has 3 aromatic carbocycles. The van der Waals surface area contributed by atoms with Crippen molar-refractivity contribution in [1.82, 2.24) is 9.80 Å². The van der Waals surface area contributed by atoms with Gasteiger partial charge in [-0.3, -0.25) is 19.4 Å². The monoisotopic (exact) mass is 490 g/mol. The second-order valence-corrected chi connectivity index (χ2v) is 9.37. The molecule has 0 aromatic heterocycles. The maximum Gasteiger partial charge on any atom is 0.246 e. The lowest BCUT2D eigenvalue weighted by molar-refractivity contribution is -0.123. The van der Waals surface area contributed by atoms with E-state index in [0.29, 0.717) is 36.9 Å². The van der Waals surface area contributed by atoms with E-state index < -0.39 is 6.04 Å². The van der Waals surface area contributed by atoms with Crippen molar-refractivity contribution >= 4 is 34.8 Å². The van der Waals surface area contributed by atoms with Crippen LogP contribution in [0.4, 0.5) is 11.4 Å². The molecule has 1 aliphatic heterocycles. The molecule has 3 aromatic rings. The first-order chi connectivity index (χ1) is 16.9. The molecule has 1 aliphatic rings. The zero-order valence-electron chi connectivity index (χ0n) is 20.1. The Hall–Kier alpha value is -3.19. The molecule has 0 saturated carbocycles. The Morgan fingerprint density at radius 2 is 1.54 bits per heavy atom. The van der Waals surface area contributed by atoms with Gasteiger partial charge in [0, 0.05) is 31.9 Å². The fourth-order valence-corrected chi connectivity index (χ4v) is 4.55. The van der Waals surface area contributed by atoms with Crippen LogP contribution in [-0.2, 0) is 9.59 Å². The molecule has 2 amide bonds. The minimum absolute atomic E-state index is 0.0465. The Balaban J connectivity index is 1.41. The van der Waals surface area contributed by atoms with E-state index in [9.17, 15) is 9.59 Å². The van der Waals surface area contributed by atoms with Crippen LogP contribution < -0.4 is 10.6 Å². The Labute approximate surface area is 211 Å². The summed E-state index contributed by atoms with van der Waals surface area (Å²) in [4.78, 5) is 30.4. The summed E-state index contributed by atoms with van der Waals surface area (Å²) in [5, 5.41) is 6.55. The lowest BCUT2D eigenvalue weighted by Crippen LogP contribution is -2.51. The van der Waals surface area contributed by atoms with E-state index in [1.54, 1.807) is 12.1 Å². The number of rotatable bonds is 7. The van der Waals surface area contributed by atoms with Crippen molar-refractivity contribution in [3.8, 4) is 0 Å². The fraction of sp³-hybridized carbons (Fsp3) is 0.286. The number of carbonyl (C=O) groups is 2. The zero-order chi connectivity index (χ0) is 24.8. The maximum absolute atomic E-state index is 13.5. The van der Waals surface area contributed by atoms with Gasteiger partial charge in [-0.15, -0.1) is 0 Å². The highest BCUT2D eigenvalue weighted by molar-refractivity contribution is 6.33. The van der Waals surface area contributed by atoms with Gasteiger partial charge in [-0.1, -0.05) is 66.2 Å². The summed E-state index contributed by atoms with van der Waals surface area (Å²) < 4.78 is 0. The number of carbonyl (C=O) groups excluding carboxylic acids is 2. The van der Waals surface area contributed by atoms with Gasteiger partial charge in [0.1, 0.15) is 6.04 Å². The number of halogens is 1. The minimum atomic E-state index is -0.407. The van der Waals surface area contributed by atoms with Gasteiger partial charge in [-0.05, 0) is 48.7 Å². The van der Waals surface area contributed by atoms with Crippen molar-refractivity contribution in [1.29, 1.82) is 0 Å². The molecule has 1 unspecified atom stereocenters. The number of nitrogens with zero attached hydrogens (tertiary/aromatic N) is 2. The highest BCUT2D eigenvalue weighted by Gasteiger charge is 2.31. The van der Waals surface area contributed by atoms with Crippen molar-refractivity contribution in [3.05, 3.63) is 94.5 Å². The summed E-state index contributed by atoms with van der Waals surface area (Å²) >= 11 is 6.16. The standard InChI is InChI=1S/C28H31ClN4O2/c1-20-12-13-21(2)25(18-20)31-28(35)27(22-8-4-3-5-9-22)33-16-14-32(15-17-33)19-26(34)30-24-11-7-6-10-23(24)29/h3-13,18,27H,14-17,19H2,1-2H3,(H,30,34)(H,31,35). The molecule has 182 valence electrons. The van der Waals surface area contributed by atoms with Gasteiger partial charge in [0.2, 0.25) is 11.8 Å². The van der Waals surface area contributed by atoms with Crippen LogP contribution in [0.25, 0.3) is 0 Å². The molecule has 2 N–H and O–H groups in total. The van der Waals surface area contributed by atoms with E-state index in [4.69, 9.17) is 11.6 Å². The summed E-state index contributed by atoms with van der Waals surface area (Å²) in [5.74, 6) is -0.145. The fourth-order valence-electron chi connectivity index (χ4n) is 4.37. The number of anilines is 2. The second kappa shape index (κ2) is 11.5. The van der Waals surface area contributed by atoms with Crippen LogP contribution >= 0.6 is 11.6 Å². The number of benzene rings is 3. The van der Waals surface area contributed by atoms with Crippen molar-refractivity contribution in [2.75, 3.05) is 43.4 Å². The third-order valence-corrected chi connectivity index (χ3v) is 6.63. The molecule has 1 fully saturated rings. The van der Waals surface area contributed by atoms with Gasteiger partial charge >= 0.3 is 0 Å². The van der Waals surface area contributed by atoms with Crippen molar-refractivity contribution in [3.63, 3.8) is 0 Å². The van der Waals surface area contributed by atoms with Gasteiger partial charge in [0.15, 0.2) is 0 Å². The predicted octanol–water partition coefficient (Wildman–Crippen LogP) is 4.89. The maximum atomic E-state index is 13.5. The number of nitrogens with one attached hydrogen (secondary N) is 2. The van der Waals surface area contributed by atoms with Gasteiger partial charge < -0.3 is 10.6 Å². The smallest absolute Gasteiger partial charge is 0.246 e. The number of hydrogen-bond donors (Lipinski definition) is 2. The Kier molecular flexibility index (Phi) is 8.18. The Bertz CT molecular complexity index is 1180. The highest BCUT2D eigenvalue weighted by atomic mass is 35.5. The molecule has 1 heterocycles. The lowest BCUT2D eigenvalue weighted by atomic mass is 10.0. The Morgan fingerprint density at radius 1 is 0.857 bits per heavy atom. The molecule has 0 radical (unpaired) electrons. The van der Waals surface area contributed by atoms with Crippen LogP contribution in [0.3, 0.4) is 0 Å². The van der Waals surface area contributed by atoms with Gasteiger partial charge in [-0.25, -0.2) is 0 Å². The van der Waals surface area contributed by atoms with Crippen LogP contribution in [0.5, 0.6) is 0 Å². The average Bonchev–Trinajstić information content (AvgIpc) is 2.85. The SMILES string of the molecule is Cc1ccc(C)c(NC(=O)C(c2ccccc2)N2CCN(CC(=O)Nc3ccccc3Cl)CC2)c1. The second-order valence-electron chi connectivity index (χ2n) is 8.96. The van der Waals surface area contributed by atoms with E-state index in [0.717, 1.165) is 22.4 Å². The first-order valence-corrected chi connectivity index (χ1v) is 12.2. The molecular formula is C28H31ClN4O2. The van der Waals surface area contributed by atoms with Crippen LogP contribution in [0.1, 0.15) is 22.7 Å². The predicted molar refractivity (Wildman–Crippen MR) is 142 cm³/mol. The molecule has 6 nitrogen and oxygen atoms in total. The topological polar surface area (TPSA) is 64.7 Å². The number of hydrogen-bond acceptors (Lipinski definition) is 4. The molecule has 1 saturated heterocycles. The normalized spacial score (nSPS) is 15.4. The van der Waals surface area contributed by atoms with Crippen LogP contribution in [0.15, 0.2) is 72.8 Å². The summed E-state index contributed by atoms with van der Waals surface area (Å²) in [7, 11) is 0. The summed E-state index contributed by atoms with van der Waals surface area (Å²) in [6.45, 7) is 7.04. The molecular weight excluding hydrogens is 460 g/mol. The molecule has 0 aliphatic carbocycles. The van der Waals surface area contributed by atoms with Crippen LogP contribution in [0, 0.1) is 13.8 Å². The summed E-state index contributed by atoms with van der Waals surface area (Å²) in [6, 6.07) is 22.7. The number of para-hydroxylation sites is 1. The van der Waals surface area contributed by atoms with Crippen molar-refractivity contribution in [2.45, 2.75) is 19.9 Å². The first-order valence-electron chi connectivity index (χ1n) is 11.8. The summed E-state index contributed by atoms with van der Waals surface area (Å²) in [5.41, 5.74) is 4.55. The quantitative estimate of drug-likeness (QED) is 0.494. The van der Waals surface area contributed by atoms with Crippen molar-refractivity contribution < 1.29 is 9.59 Å². The van der Waals surface area contributed by atoms with E-state index in [1.165, 1.54) is 0 Å². The van der Waals surface area contributed by atoms with E-state index in [2.05, 4.69) is 20.4 Å². The number of aryl methyl sites for hydroxylation is 2. The number of amides is 2. The zero-order valence-corrected chi connectivity index (χ0v) is 20.9. The molecule has 0 spiro atoms. The highest BCUT2D eigenvalue weighted by Crippen LogP contribution is 2.26. The van der Waals surface area contributed by atoms with Gasteiger partial charge in [0.25, 0.3) is 0 Å². The number of piperazine rings is 1. The van der Waals surface area contributed by atoms with Crippen LogP contribution in [0.2, 0.25) is 5.02 Å². The van der Waals surface area contributed by atoms with Crippen LogP contribution in [-0.4, -0.2) is 54.3 Å². The van der Waals surface area contributed by atoms with E-state index in [1.807, 2.05) is 74.5 Å². The third-order valence-electron chi connectivity index (χ3n) is 6.30. The lowest BCUT2D eigenvalue weighted by Gasteiger charge is -2.38.